The lowest BCUT2D eigenvalue weighted by atomic mass is 10.0. The summed E-state index contributed by atoms with van der Waals surface area (Å²) < 4.78 is 6.40. The molecule has 2 aromatic carbocycles. The Morgan fingerprint density at radius 3 is 2.67 bits per heavy atom. The third kappa shape index (κ3) is 3.67. The van der Waals surface area contributed by atoms with Crippen molar-refractivity contribution in [2.45, 2.75) is 25.4 Å². The molecule has 1 fully saturated rings. The second-order valence-electron chi connectivity index (χ2n) is 6.76. The minimum atomic E-state index is -0.461. The fourth-order valence-corrected chi connectivity index (χ4v) is 3.76. The van der Waals surface area contributed by atoms with E-state index in [1.165, 1.54) is 5.57 Å². The summed E-state index contributed by atoms with van der Waals surface area (Å²) in [6.45, 7) is 4.63. The van der Waals surface area contributed by atoms with Crippen LogP contribution >= 0.6 is 23.2 Å². The Morgan fingerprint density at radius 2 is 1.89 bits per heavy atom. The maximum Gasteiger partial charge on any atom is 0.162 e. The molecule has 2 aromatic rings. The number of halogens is 2. The van der Waals surface area contributed by atoms with Crippen LogP contribution < -0.4 is 15.5 Å². The first-order valence-electron chi connectivity index (χ1n) is 9.21. The number of rotatable bonds is 8. The molecule has 0 spiro atoms. The van der Waals surface area contributed by atoms with Crippen LogP contribution in [0.25, 0.3) is 5.70 Å². The van der Waals surface area contributed by atoms with E-state index in [1.807, 2.05) is 42.5 Å². The minimum Gasteiger partial charge on any atom is -0.477 e. The number of hydrogen-bond acceptors (Lipinski definition) is 4. The zero-order valence-electron chi connectivity index (χ0n) is 15.1. The van der Waals surface area contributed by atoms with Gasteiger partial charge in [0.15, 0.2) is 5.60 Å². The Morgan fingerprint density at radius 1 is 1.11 bits per heavy atom. The fourth-order valence-electron chi connectivity index (χ4n) is 3.47. The minimum absolute atomic E-state index is 0.461. The van der Waals surface area contributed by atoms with Gasteiger partial charge in [0.05, 0.1) is 12.3 Å². The van der Waals surface area contributed by atoms with Gasteiger partial charge in [-0.15, -0.1) is 0 Å². The molecule has 142 valence electrons. The second kappa shape index (κ2) is 7.72. The van der Waals surface area contributed by atoms with Crippen molar-refractivity contribution in [1.82, 2.24) is 10.8 Å². The number of ether oxygens (including phenoxy) is 1. The Balaban J connectivity index is 1.59. The standard InChI is InChI=1S/C21H22Cl2N2O2/c1-2-24-10-3-11-26-25-20-17-9-8-16(23)12-19(17)27-21(13-18(20)21)14-4-6-15(22)7-5-14/h4-9,12,24-25H,2-3,10-11,13H2,1H3. The number of fused-ring (bicyclic) bond motifs is 2. The van der Waals surface area contributed by atoms with Crippen molar-refractivity contribution in [3.05, 3.63) is 69.2 Å². The Hall–Kier alpha value is -1.72. The van der Waals surface area contributed by atoms with Gasteiger partial charge in [-0.25, -0.2) is 0 Å². The summed E-state index contributed by atoms with van der Waals surface area (Å²) in [6.07, 6.45) is 1.75. The average molecular weight is 405 g/mol. The van der Waals surface area contributed by atoms with Gasteiger partial charge >= 0.3 is 0 Å². The van der Waals surface area contributed by atoms with Crippen LogP contribution in [-0.4, -0.2) is 19.7 Å². The van der Waals surface area contributed by atoms with Gasteiger partial charge < -0.3 is 10.1 Å². The molecular weight excluding hydrogens is 383 g/mol. The molecule has 2 N–H and O–H groups in total. The normalized spacial score (nSPS) is 20.0. The van der Waals surface area contributed by atoms with Gasteiger partial charge in [-0.2, -0.15) is 0 Å². The van der Waals surface area contributed by atoms with E-state index in [4.69, 9.17) is 32.8 Å². The number of hydroxylamine groups is 1. The van der Waals surface area contributed by atoms with Gasteiger partial charge in [-0.05, 0) is 49.8 Å². The maximum absolute atomic E-state index is 6.40. The Bertz CT molecular complexity index is 867. The largest absolute Gasteiger partial charge is 0.477 e. The van der Waals surface area contributed by atoms with E-state index in [2.05, 4.69) is 17.7 Å². The van der Waals surface area contributed by atoms with Crippen LogP contribution in [0.2, 0.25) is 10.0 Å². The molecule has 0 saturated heterocycles. The smallest absolute Gasteiger partial charge is 0.162 e. The van der Waals surface area contributed by atoms with Crippen LogP contribution in [0.4, 0.5) is 0 Å². The summed E-state index contributed by atoms with van der Waals surface area (Å²) in [5, 5.41) is 4.65. The summed E-state index contributed by atoms with van der Waals surface area (Å²) in [7, 11) is 0. The van der Waals surface area contributed by atoms with Crippen LogP contribution in [0.5, 0.6) is 5.75 Å². The number of hydrogen-bond donors (Lipinski definition) is 2. The number of nitrogens with one attached hydrogen (secondary N) is 2. The highest BCUT2D eigenvalue weighted by Crippen LogP contribution is 2.61. The lowest BCUT2D eigenvalue weighted by Gasteiger charge is -2.26. The molecule has 1 atom stereocenters. The zero-order valence-corrected chi connectivity index (χ0v) is 16.7. The van der Waals surface area contributed by atoms with Crippen LogP contribution in [-0.2, 0) is 10.4 Å². The zero-order chi connectivity index (χ0) is 18.9. The Kier molecular flexibility index (Phi) is 5.33. The quantitative estimate of drug-likeness (QED) is 0.484. The molecule has 27 heavy (non-hydrogen) atoms. The molecule has 1 unspecified atom stereocenters. The molecular formula is C21H22Cl2N2O2. The first-order valence-corrected chi connectivity index (χ1v) is 9.97. The Labute approximate surface area is 169 Å². The van der Waals surface area contributed by atoms with Gasteiger partial charge in [-0.1, -0.05) is 42.3 Å². The third-order valence-electron chi connectivity index (χ3n) is 4.92. The molecule has 1 heterocycles. The lowest BCUT2D eigenvalue weighted by molar-refractivity contribution is 0.0746. The van der Waals surface area contributed by atoms with E-state index in [1.54, 1.807) is 0 Å². The van der Waals surface area contributed by atoms with Crippen molar-refractivity contribution in [1.29, 1.82) is 0 Å². The SMILES string of the molecule is CCNCCCONC1=C2CC2(c2ccc(Cl)cc2)Oc2cc(Cl)ccc21. The monoisotopic (exact) mass is 404 g/mol. The van der Waals surface area contributed by atoms with E-state index in [0.29, 0.717) is 16.7 Å². The number of benzene rings is 2. The van der Waals surface area contributed by atoms with E-state index in [9.17, 15) is 0 Å². The van der Waals surface area contributed by atoms with Gasteiger partial charge in [0.1, 0.15) is 5.75 Å². The van der Waals surface area contributed by atoms with Crippen LogP contribution in [0.1, 0.15) is 30.9 Å². The molecule has 4 nitrogen and oxygen atoms in total. The topological polar surface area (TPSA) is 42.5 Å². The molecule has 0 aromatic heterocycles. The molecule has 0 bridgehead atoms. The first kappa shape index (κ1) is 18.6. The van der Waals surface area contributed by atoms with E-state index in [0.717, 1.165) is 48.5 Å². The third-order valence-corrected chi connectivity index (χ3v) is 5.41. The molecule has 1 saturated carbocycles. The van der Waals surface area contributed by atoms with Crippen molar-refractivity contribution in [3.63, 3.8) is 0 Å². The molecule has 6 heteroatoms. The van der Waals surface area contributed by atoms with E-state index >= 15 is 0 Å². The van der Waals surface area contributed by atoms with Crippen molar-refractivity contribution < 1.29 is 9.57 Å². The molecule has 1 aliphatic heterocycles. The second-order valence-corrected chi connectivity index (χ2v) is 7.64. The summed E-state index contributed by atoms with van der Waals surface area (Å²) in [5.74, 6) is 0.762. The van der Waals surface area contributed by atoms with Gasteiger partial charge in [0.25, 0.3) is 0 Å². The van der Waals surface area contributed by atoms with Crippen molar-refractivity contribution >= 4 is 28.9 Å². The van der Waals surface area contributed by atoms with E-state index in [-0.39, 0.29) is 0 Å². The summed E-state index contributed by atoms with van der Waals surface area (Å²) >= 11 is 12.3. The first-order chi connectivity index (χ1) is 13.1. The van der Waals surface area contributed by atoms with Gasteiger partial charge in [0, 0.05) is 33.2 Å². The van der Waals surface area contributed by atoms with Gasteiger partial charge in [0.2, 0.25) is 0 Å². The van der Waals surface area contributed by atoms with E-state index < -0.39 is 5.60 Å². The predicted molar refractivity (Wildman–Crippen MR) is 109 cm³/mol. The highest BCUT2D eigenvalue weighted by atomic mass is 35.5. The van der Waals surface area contributed by atoms with Gasteiger partial charge in [-0.3, -0.25) is 10.3 Å². The van der Waals surface area contributed by atoms with Crippen molar-refractivity contribution in [2.24, 2.45) is 0 Å². The molecule has 0 radical (unpaired) electrons. The van der Waals surface area contributed by atoms with Crippen LogP contribution in [0.15, 0.2) is 48.0 Å². The highest BCUT2D eigenvalue weighted by Gasteiger charge is 2.58. The molecule has 4 rings (SSSR count). The highest BCUT2D eigenvalue weighted by molar-refractivity contribution is 6.31. The summed E-state index contributed by atoms with van der Waals surface area (Å²) in [5.41, 5.74) is 6.94. The van der Waals surface area contributed by atoms with Crippen molar-refractivity contribution in [3.8, 4) is 5.75 Å². The summed E-state index contributed by atoms with van der Waals surface area (Å²) in [4.78, 5) is 5.75. The molecule has 1 aliphatic carbocycles. The van der Waals surface area contributed by atoms with Crippen molar-refractivity contribution in [2.75, 3.05) is 19.7 Å². The predicted octanol–water partition coefficient (Wildman–Crippen LogP) is 4.92. The fraction of sp³-hybridized carbons (Fsp3) is 0.333. The average Bonchev–Trinajstić information content (AvgIpc) is 3.39. The van der Waals surface area contributed by atoms with Crippen LogP contribution in [0.3, 0.4) is 0 Å². The molecule has 0 amide bonds. The summed E-state index contributed by atoms with van der Waals surface area (Å²) in [6, 6.07) is 13.5. The maximum atomic E-state index is 6.40. The molecule has 2 aliphatic rings. The van der Waals surface area contributed by atoms with Crippen LogP contribution in [0, 0.1) is 0 Å². The lowest BCUT2D eigenvalue weighted by Crippen LogP contribution is -2.25.